The first kappa shape index (κ1) is 17.4. The van der Waals surface area contributed by atoms with Crippen LogP contribution in [0.2, 0.25) is 0 Å². The van der Waals surface area contributed by atoms with Crippen molar-refractivity contribution in [3.8, 4) is 0 Å². The van der Waals surface area contributed by atoms with E-state index >= 15 is 0 Å². The minimum Gasteiger partial charge on any atom is -0.393 e. The topological polar surface area (TPSA) is 64.6 Å². The molecule has 3 rings (SSSR count). The average molecular weight is 331 g/mol. The number of nitrogens with one attached hydrogen (secondary N) is 2. The first-order valence-corrected chi connectivity index (χ1v) is 9.19. The van der Waals surface area contributed by atoms with E-state index in [0.29, 0.717) is 12.3 Å². The molecule has 24 heavy (non-hydrogen) atoms. The van der Waals surface area contributed by atoms with Crippen LogP contribution in [0.5, 0.6) is 0 Å². The quantitative estimate of drug-likeness (QED) is 0.746. The summed E-state index contributed by atoms with van der Waals surface area (Å²) in [6.45, 7) is 4.89. The Bertz CT molecular complexity index is 535. The van der Waals surface area contributed by atoms with Crippen molar-refractivity contribution in [3.63, 3.8) is 0 Å². The van der Waals surface area contributed by atoms with Crippen molar-refractivity contribution < 1.29 is 9.90 Å². The van der Waals surface area contributed by atoms with Gasteiger partial charge in [-0.05, 0) is 62.4 Å². The third-order valence-electron chi connectivity index (χ3n) is 5.12. The second-order valence-corrected chi connectivity index (χ2v) is 7.15. The molecule has 0 radical (unpaired) electrons. The fourth-order valence-electron chi connectivity index (χ4n) is 3.60. The van der Waals surface area contributed by atoms with Gasteiger partial charge in [0.1, 0.15) is 0 Å². The molecule has 1 aromatic rings. The maximum Gasteiger partial charge on any atom is 0.224 e. The number of nitrogens with zero attached hydrogens (tertiary/aromatic N) is 1. The van der Waals surface area contributed by atoms with Crippen LogP contribution in [0.3, 0.4) is 0 Å². The van der Waals surface area contributed by atoms with Gasteiger partial charge in [0.2, 0.25) is 5.91 Å². The molecule has 1 amide bonds. The Hall–Kier alpha value is -1.43. The zero-order valence-electron chi connectivity index (χ0n) is 14.3. The number of piperidine rings is 1. The molecule has 2 aliphatic rings. The number of carbonyl (C=O) groups is 1. The van der Waals surface area contributed by atoms with Gasteiger partial charge in [-0.1, -0.05) is 12.1 Å². The predicted molar refractivity (Wildman–Crippen MR) is 95.8 cm³/mol. The predicted octanol–water partition coefficient (Wildman–Crippen LogP) is 1.97. The highest BCUT2D eigenvalue weighted by atomic mass is 16.3. The van der Waals surface area contributed by atoms with E-state index < -0.39 is 0 Å². The Morgan fingerprint density at radius 1 is 1.29 bits per heavy atom. The van der Waals surface area contributed by atoms with Crippen LogP contribution in [0.15, 0.2) is 24.3 Å². The van der Waals surface area contributed by atoms with Gasteiger partial charge in [-0.15, -0.1) is 0 Å². The Labute approximate surface area is 144 Å². The van der Waals surface area contributed by atoms with Crippen LogP contribution in [0, 0.1) is 5.92 Å². The minimum absolute atomic E-state index is 0.111. The second kappa shape index (κ2) is 8.60. The summed E-state index contributed by atoms with van der Waals surface area (Å²) in [6.07, 6.45) is 4.32. The number of anilines is 1. The molecule has 2 heterocycles. The van der Waals surface area contributed by atoms with Crippen LogP contribution < -0.4 is 10.6 Å². The van der Waals surface area contributed by atoms with Crippen LogP contribution in [0.4, 0.5) is 5.69 Å². The van der Waals surface area contributed by atoms with Gasteiger partial charge >= 0.3 is 0 Å². The smallest absolute Gasteiger partial charge is 0.224 e. The van der Waals surface area contributed by atoms with E-state index in [4.69, 9.17) is 0 Å². The van der Waals surface area contributed by atoms with Gasteiger partial charge in [0.25, 0.3) is 0 Å². The van der Waals surface area contributed by atoms with Crippen molar-refractivity contribution in [2.75, 3.05) is 31.5 Å². The molecule has 1 aromatic carbocycles. The molecule has 0 aromatic heterocycles. The molecular formula is C19H29N3O2. The number of rotatable bonds is 6. The molecule has 0 spiro atoms. The van der Waals surface area contributed by atoms with Crippen LogP contribution in [-0.2, 0) is 11.3 Å². The summed E-state index contributed by atoms with van der Waals surface area (Å²) in [7, 11) is 0. The third kappa shape index (κ3) is 5.30. The van der Waals surface area contributed by atoms with Gasteiger partial charge in [0, 0.05) is 31.7 Å². The van der Waals surface area contributed by atoms with Crippen LogP contribution in [0.1, 0.15) is 37.7 Å². The second-order valence-electron chi connectivity index (χ2n) is 7.15. The summed E-state index contributed by atoms with van der Waals surface area (Å²) in [5, 5.41) is 16.0. The summed E-state index contributed by atoms with van der Waals surface area (Å²) in [4.78, 5) is 14.5. The Morgan fingerprint density at radius 2 is 2.12 bits per heavy atom. The highest BCUT2D eigenvalue weighted by Crippen LogP contribution is 2.18. The number of aliphatic hydroxyl groups is 1. The molecule has 2 saturated heterocycles. The number of hydrogen-bond donors (Lipinski definition) is 3. The van der Waals surface area contributed by atoms with Crippen LogP contribution in [-0.4, -0.2) is 48.2 Å². The fourth-order valence-corrected chi connectivity index (χ4v) is 3.60. The molecule has 3 N–H and O–H groups in total. The number of amides is 1. The molecule has 1 unspecified atom stereocenters. The van der Waals surface area contributed by atoms with Gasteiger partial charge in [-0.3, -0.25) is 9.69 Å². The maximum absolute atomic E-state index is 12.1. The summed E-state index contributed by atoms with van der Waals surface area (Å²) in [5.74, 6) is 0.761. The lowest BCUT2D eigenvalue weighted by molar-refractivity contribution is -0.116. The largest absolute Gasteiger partial charge is 0.393 e. The average Bonchev–Trinajstić information content (AvgIpc) is 3.09. The van der Waals surface area contributed by atoms with Gasteiger partial charge in [-0.2, -0.15) is 0 Å². The van der Waals surface area contributed by atoms with Crippen molar-refractivity contribution in [2.24, 2.45) is 5.92 Å². The summed E-state index contributed by atoms with van der Waals surface area (Å²) < 4.78 is 0. The van der Waals surface area contributed by atoms with Crippen LogP contribution in [0.25, 0.3) is 0 Å². The van der Waals surface area contributed by atoms with Crippen LogP contribution >= 0.6 is 0 Å². The number of hydrogen-bond acceptors (Lipinski definition) is 4. The normalized spacial score (nSPS) is 22.6. The third-order valence-corrected chi connectivity index (χ3v) is 5.12. The highest BCUT2D eigenvalue weighted by Gasteiger charge is 2.17. The number of aliphatic hydroxyl groups excluding tert-OH is 1. The SMILES string of the molecule is O=C(CCC1CCNC1)Nc1cccc(CN2CCC(O)CC2)c1. The van der Waals surface area contributed by atoms with E-state index in [2.05, 4.69) is 27.7 Å². The summed E-state index contributed by atoms with van der Waals surface area (Å²) in [6, 6.07) is 8.13. The standard InChI is InChI=1S/C19H29N3O2/c23-18-7-10-22(11-8-18)14-16-2-1-3-17(12-16)21-19(24)5-4-15-6-9-20-13-15/h1-3,12,15,18,20,23H,4-11,13-14H2,(H,21,24). The zero-order valence-corrected chi connectivity index (χ0v) is 14.3. The summed E-state index contributed by atoms with van der Waals surface area (Å²) >= 11 is 0. The highest BCUT2D eigenvalue weighted by molar-refractivity contribution is 5.90. The molecule has 5 nitrogen and oxygen atoms in total. The lowest BCUT2D eigenvalue weighted by Gasteiger charge is -2.29. The van der Waals surface area contributed by atoms with E-state index in [0.717, 1.165) is 57.7 Å². The number of benzene rings is 1. The van der Waals surface area contributed by atoms with Gasteiger partial charge in [0.05, 0.1) is 6.10 Å². The van der Waals surface area contributed by atoms with E-state index in [9.17, 15) is 9.90 Å². The summed E-state index contributed by atoms with van der Waals surface area (Å²) in [5.41, 5.74) is 2.10. The van der Waals surface area contributed by atoms with Crippen molar-refractivity contribution in [3.05, 3.63) is 29.8 Å². The van der Waals surface area contributed by atoms with Gasteiger partial charge in [-0.25, -0.2) is 0 Å². The molecule has 0 bridgehead atoms. The molecule has 2 aliphatic heterocycles. The molecular weight excluding hydrogens is 302 g/mol. The van der Waals surface area contributed by atoms with E-state index in [1.54, 1.807) is 0 Å². The first-order chi connectivity index (χ1) is 11.7. The van der Waals surface area contributed by atoms with Gasteiger partial charge < -0.3 is 15.7 Å². The number of likely N-dealkylation sites (tertiary alicyclic amines) is 1. The molecule has 0 aliphatic carbocycles. The lowest BCUT2D eigenvalue weighted by atomic mass is 10.0. The lowest BCUT2D eigenvalue weighted by Crippen LogP contribution is -2.35. The first-order valence-electron chi connectivity index (χ1n) is 9.19. The molecule has 132 valence electrons. The molecule has 0 saturated carbocycles. The molecule has 2 fully saturated rings. The Kier molecular flexibility index (Phi) is 6.24. The zero-order chi connectivity index (χ0) is 16.8. The van der Waals surface area contributed by atoms with E-state index in [1.165, 1.54) is 12.0 Å². The Morgan fingerprint density at radius 3 is 2.88 bits per heavy atom. The molecule has 1 atom stereocenters. The van der Waals surface area contributed by atoms with E-state index in [-0.39, 0.29) is 12.0 Å². The molecule has 5 heteroatoms. The minimum atomic E-state index is -0.137. The Balaban J connectivity index is 1.46. The monoisotopic (exact) mass is 331 g/mol. The van der Waals surface area contributed by atoms with Gasteiger partial charge in [0.15, 0.2) is 0 Å². The van der Waals surface area contributed by atoms with Crippen molar-refractivity contribution >= 4 is 11.6 Å². The maximum atomic E-state index is 12.1. The van der Waals surface area contributed by atoms with E-state index in [1.807, 2.05) is 12.1 Å². The van der Waals surface area contributed by atoms with Crippen molar-refractivity contribution in [2.45, 2.75) is 44.8 Å². The fraction of sp³-hybridized carbons (Fsp3) is 0.632. The van der Waals surface area contributed by atoms with Crippen molar-refractivity contribution in [1.29, 1.82) is 0 Å². The number of carbonyl (C=O) groups excluding carboxylic acids is 1. The van der Waals surface area contributed by atoms with Crippen molar-refractivity contribution in [1.82, 2.24) is 10.2 Å².